The van der Waals surface area contributed by atoms with E-state index in [2.05, 4.69) is 0 Å². The maximum Gasteiger partial charge on any atom is 0.123 e. The summed E-state index contributed by atoms with van der Waals surface area (Å²) < 4.78 is 0. The maximum absolute atomic E-state index is 11.2. The summed E-state index contributed by atoms with van der Waals surface area (Å²) >= 11 is 0. The summed E-state index contributed by atoms with van der Waals surface area (Å²) in [5, 5.41) is 0. The summed E-state index contributed by atoms with van der Waals surface area (Å²) in [5.41, 5.74) is 0. The largest absolute Gasteiger partial charge is 0.303 e. The van der Waals surface area contributed by atoms with E-state index in [1.807, 2.05) is 0 Å². The van der Waals surface area contributed by atoms with Crippen LogP contribution in [0.1, 0.15) is 38.5 Å². The molecule has 0 bridgehead atoms. The van der Waals surface area contributed by atoms with Crippen molar-refractivity contribution in [2.75, 3.05) is 0 Å². The van der Waals surface area contributed by atoms with E-state index in [0.29, 0.717) is 23.7 Å². The number of rotatable bonds is 3. The average Bonchev–Trinajstić information content (AvgIpc) is 2.46. The first-order valence-corrected chi connectivity index (χ1v) is 7.61. The minimum atomic E-state index is 0.155. The molecule has 3 aliphatic rings. The van der Waals surface area contributed by atoms with Crippen LogP contribution >= 0.6 is 0 Å². The molecular weight excluding hydrogens is 240 g/mol. The monoisotopic (exact) mass is 262 g/mol. The second-order valence-corrected chi connectivity index (χ2v) is 6.96. The van der Waals surface area contributed by atoms with E-state index >= 15 is 0 Å². The van der Waals surface area contributed by atoms with Crippen LogP contribution in [0.3, 0.4) is 0 Å². The van der Waals surface area contributed by atoms with Gasteiger partial charge in [0.05, 0.1) is 0 Å². The normalized spacial score (nSPS) is 48.9. The Hall–Kier alpha value is -0.990. The van der Waals surface area contributed by atoms with Crippen LogP contribution in [0, 0.1) is 41.4 Å². The van der Waals surface area contributed by atoms with Crippen LogP contribution in [0.25, 0.3) is 0 Å². The Morgan fingerprint density at radius 3 is 1.00 bits per heavy atom. The highest BCUT2D eigenvalue weighted by Crippen LogP contribution is 2.55. The van der Waals surface area contributed by atoms with Gasteiger partial charge in [0.25, 0.3) is 0 Å². The van der Waals surface area contributed by atoms with Gasteiger partial charge in [0.15, 0.2) is 0 Å². The summed E-state index contributed by atoms with van der Waals surface area (Å²) in [7, 11) is 0. The minimum Gasteiger partial charge on any atom is -0.303 e. The highest BCUT2D eigenvalue weighted by atomic mass is 16.1. The third kappa shape index (κ3) is 2.28. The van der Waals surface area contributed by atoms with Gasteiger partial charge in [-0.15, -0.1) is 0 Å². The molecule has 19 heavy (non-hydrogen) atoms. The summed E-state index contributed by atoms with van der Waals surface area (Å²) in [6.45, 7) is 0. The van der Waals surface area contributed by atoms with Gasteiger partial charge in [0.1, 0.15) is 18.9 Å². The van der Waals surface area contributed by atoms with Crippen LogP contribution in [0.15, 0.2) is 0 Å². The SMILES string of the molecule is O=CC1CC2CC(C=O)CC3CC(C=O)CC(C1)C23. The highest BCUT2D eigenvalue weighted by Gasteiger charge is 2.49. The number of aldehydes is 3. The zero-order valence-corrected chi connectivity index (χ0v) is 11.2. The second kappa shape index (κ2) is 5.18. The van der Waals surface area contributed by atoms with E-state index < -0.39 is 0 Å². The Bertz CT molecular complexity index is 303. The standard InChI is InChI=1S/C16H22O3/c17-7-10-1-13-3-11(8-18)4-15-6-12(9-19)5-14(2-10)16(13)15/h7-16H,1-6H2. The molecule has 0 aromatic rings. The van der Waals surface area contributed by atoms with Crippen molar-refractivity contribution in [1.82, 2.24) is 0 Å². The van der Waals surface area contributed by atoms with E-state index in [0.717, 1.165) is 57.4 Å². The Morgan fingerprint density at radius 2 is 0.789 bits per heavy atom. The van der Waals surface area contributed by atoms with E-state index in [-0.39, 0.29) is 17.8 Å². The van der Waals surface area contributed by atoms with Crippen molar-refractivity contribution in [2.24, 2.45) is 41.4 Å². The van der Waals surface area contributed by atoms with Gasteiger partial charge in [0.2, 0.25) is 0 Å². The molecule has 0 aromatic carbocycles. The topological polar surface area (TPSA) is 51.2 Å². The van der Waals surface area contributed by atoms with Gasteiger partial charge in [-0.2, -0.15) is 0 Å². The Kier molecular flexibility index (Phi) is 3.55. The molecule has 104 valence electrons. The Morgan fingerprint density at radius 1 is 0.526 bits per heavy atom. The lowest BCUT2D eigenvalue weighted by Gasteiger charge is -2.53. The van der Waals surface area contributed by atoms with Gasteiger partial charge >= 0.3 is 0 Å². The van der Waals surface area contributed by atoms with Crippen LogP contribution in [0.4, 0.5) is 0 Å². The molecule has 0 radical (unpaired) electrons. The lowest BCUT2D eigenvalue weighted by Crippen LogP contribution is -2.47. The molecule has 3 nitrogen and oxygen atoms in total. The fourth-order valence-corrected chi connectivity index (χ4v) is 5.34. The zero-order valence-electron chi connectivity index (χ0n) is 11.2. The maximum atomic E-state index is 11.2. The van der Waals surface area contributed by atoms with Crippen molar-refractivity contribution >= 4 is 18.9 Å². The summed E-state index contributed by atoms with van der Waals surface area (Å²) in [6, 6.07) is 0. The third-order valence-electron chi connectivity index (χ3n) is 5.84. The quantitative estimate of drug-likeness (QED) is 0.733. The van der Waals surface area contributed by atoms with Gasteiger partial charge in [-0.1, -0.05) is 0 Å². The number of carbonyl (C=O) groups excluding carboxylic acids is 3. The Labute approximate surface area is 114 Å². The fraction of sp³-hybridized carbons (Fsp3) is 0.812. The minimum absolute atomic E-state index is 0.155. The molecule has 3 heteroatoms. The molecule has 0 N–H and O–H groups in total. The second-order valence-electron chi connectivity index (χ2n) is 6.96. The molecule has 0 aliphatic heterocycles. The smallest absolute Gasteiger partial charge is 0.123 e. The lowest BCUT2D eigenvalue weighted by atomic mass is 9.51. The molecule has 3 fully saturated rings. The van der Waals surface area contributed by atoms with Crippen molar-refractivity contribution in [1.29, 1.82) is 0 Å². The molecule has 0 aromatic heterocycles. The highest BCUT2D eigenvalue weighted by molar-refractivity contribution is 5.56. The molecule has 3 rings (SSSR count). The van der Waals surface area contributed by atoms with Gasteiger partial charge in [-0.25, -0.2) is 0 Å². The summed E-state index contributed by atoms with van der Waals surface area (Å²) in [4.78, 5) is 33.5. The molecule has 0 amide bonds. The van der Waals surface area contributed by atoms with Crippen LogP contribution < -0.4 is 0 Å². The summed E-state index contributed by atoms with van der Waals surface area (Å²) in [5.74, 6) is 2.75. The van der Waals surface area contributed by atoms with Crippen LogP contribution in [0.5, 0.6) is 0 Å². The zero-order chi connectivity index (χ0) is 13.4. The predicted molar refractivity (Wildman–Crippen MR) is 70.3 cm³/mol. The fourth-order valence-electron chi connectivity index (χ4n) is 5.34. The molecule has 0 saturated heterocycles. The average molecular weight is 262 g/mol. The third-order valence-corrected chi connectivity index (χ3v) is 5.84. The number of carbonyl (C=O) groups is 3. The van der Waals surface area contributed by atoms with E-state index in [1.165, 1.54) is 0 Å². The number of hydrogen-bond donors (Lipinski definition) is 0. The van der Waals surface area contributed by atoms with Gasteiger partial charge < -0.3 is 14.4 Å². The molecule has 3 saturated carbocycles. The van der Waals surface area contributed by atoms with Crippen molar-refractivity contribution in [3.63, 3.8) is 0 Å². The van der Waals surface area contributed by atoms with Gasteiger partial charge in [0, 0.05) is 17.8 Å². The van der Waals surface area contributed by atoms with Crippen LogP contribution in [0.2, 0.25) is 0 Å². The van der Waals surface area contributed by atoms with Crippen molar-refractivity contribution in [3.05, 3.63) is 0 Å². The first-order valence-electron chi connectivity index (χ1n) is 7.61. The first kappa shape index (κ1) is 13.0. The molecular formula is C16H22O3. The van der Waals surface area contributed by atoms with Crippen molar-refractivity contribution in [3.8, 4) is 0 Å². The van der Waals surface area contributed by atoms with Crippen molar-refractivity contribution in [2.45, 2.75) is 38.5 Å². The Balaban J connectivity index is 1.85. The number of hydrogen-bond acceptors (Lipinski definition) is 3. The molecule has 0 spiro atoms. The van der Waals surface area contributed by atoms with Crippen LogP contribution in [-0.4, -0.2) is 18.9 Å². The predicted octanol–water partition coefficient (Wildman–Crippen LogP) is 2.28. The lowest BCUT2D eigenvalue weighted by molar-refractivity contribution is -0.124. The van der Waals surface area contributed by atoms with Gasteiger partial charge in [-0.05, 0) is 62.2 Å². The molecule has 3 aliphatic carbocycles. The van der Waals surface area contributed by atoms with E-state index in [4.69, 9.17) is 0 Å². The molecule has 0 atom stereocenters. The van der Waals surface area contributed by atoms with E-state index in [9.17, 15) is 14.4 Å². The van der Waals surface area contributed by atoms with E-state index in [1.54, 1.807) is 0 Å². The van der Waals surface area contributed by atoms with Crippen molar-refractivity contribution < 1.29 is 14.4 Å². The van der Waals surface area contributed by atoms with Gasteiger partial charge in [-0.3, -0.25) is 0 Å². The first-order chi connectivity index (χ1) is 9.25. The molecule has 0 unspecified atom stereocenters. The molecule has 0 heterocycles. The van der Waals surface area contributed by atoms with Crippen LogP contribution in [-0.2, 0) is 14.4 Å². The summed E-state index contributed by atoms with van der Waals surface area (Å²) in [6.07, 6.45) is 9.11.